The van der Waals surface area contributed by atoms with E-state index in [1.54, 1.807) is 18.2 Å². The van der Waals surface area contributed by atoms with Crippen molar-refractivity contribution in [3.8, 4) is 23.3 Å². The highest BCUT2D eigenvalue weighted by Gasteiger charge is 2.28. The number of pyridine rings is 1. The monoisotopic (exact) mass is 673 g/mol. The van der Waals surface area contributed by atoms with Crippen molar-refractivity contribution < 1.29 is 27.1 Å². The summed E-state index contributed by atoms with van der Waals surface area (Å²) < 4.78 is 60.4. The van der Waals surface area contributed by atoms with Crippen molar-refractivity contribution in [1.82, 2.24) is 24.8 Å². The number of ether oxygens (including phenoxy) is 1. The van der Waals surface area contributed by atoms with Gasteiger partial charge in [-0.25, -0.2) is 17.6 Å². The van der Waals surface area contributed by atoms with Crippen LogP contribution in [0.5, 0.6) is 6.01 Å². The Morgan fingerprint density at radius 1 is 1.11 bits per heavy atom. The quantitative estimate of drug-likeness (QED) is 0.220. The Bertz CT molecular complexity index is 1680. The van der Waals surface area contributed by atoms with Crippen LogP contribution in [-0.4, -0.2) is 90.3 Å². The standard InChI is InChI=1S/C25H21ClF3N5O2.C6H12FN.C2H3N/c1-13(27)24(35)34-10-8-33(9-11-34)23-16-12-30-21(20(29)22(16)31-25(32-23)36-2)15-5-3-4-14-6-7-17(28)19(26)18(14)15;7-3-6-8-4-1-2-5-8;1-2-3/h3-5,12H,1,6-11H2,2H3;1-6H2;1H3. The summed E-state index contributed by atoms with van der Waals surface area (Å²) in [5.74, 6) is -2.57. The summed E-state index contributed by atoms with van der Waals surface area (Å²) in [7, 11) is 1.37. The smallest absolute Gasteiger partial charge is 0.318 e. The van der Waals surface area contributed by atoms with Gasteiger partial charge in [0.25, 0.3) is 5.91 Å². The minimum atomic E-state index is -1.02. The Morgan fingerprint density at radius 2 is 1.79 bits per heavy atom. The molecular weight excluding hydrogens is 638 g/mol. The zero-order valence-electron chi connectivity index (χ0n) is 26.3. The molecule has 0 N–H and O–H groups in total. The number of amides is 1. The molecule has 0 atom stereocenters. The van der Waals surface area contributed by atoms with Crippen molar-refractivity contribution in [3.05, 3.63) is 59.6 Å². The molecule has 14 heteroatoms. The van der Waals surface area contributed by atoms with Crippen LogP contribution in [0.25, 0.3) is 27.2 Å². The number of allylic oxidation sites excluding steroid dienone is 1. The zero-order chi connectivity index (χ0) is 34.1. The highest BCUT2D eigenvalue weighted by atomic mass is 35.5. The molecule has 0 bridgehead atoms. The fourth-order valence-corrected chi connectivity index (χ4v) is 6.03. The van der Waals surface area contributed by atoms with Gasteiger partial charge < -0.3 is 19.4 Å². The number of likely N-dealkylation sites (tertiary alicyclic amines) is 1. The number of rotatable bonds is 6. The van der Waals surface area contributed by atoms with Crippen LogP contribution in [0.4, 0.5) is 23.4 Å². The topological polar surface area (TPSA) is 98.5 Å². The highest BCUT2D eigenvalue weighted by molar-refractivity contribution is 6.50. The first-order chi connectivity index (χ1) is 22.6. The number of aromatic nitrogens is 3. The minimum absolute atomic E-state index is 0.0178. The van der Waals surface area contributed by atoms with Gasteiger partial charge in [-0.05, 0) is 37.9 Å². The maximum Gasteiger partial charge on any atom is 0.318 e. The number of halogens is 5. The number of hydrogen-bond donors (Lipinski definition) is 0. The predicted molar refractivity (Wildman–Crippen MR) is 173 cm³/mol. The molecule has 0 saturated carbocycles. The largest absolute Gasteiger partial charge is 0.467 e. The number of benzene rings is 1. The van der Waals surface area contributed by atoms with Crippen LogP contribution in [-0.2, 0) is 11.2 Å². The van der Waals surface area contributed by atoms with Crippen molar-refractivity contribution in [2.24, 2.45) is 0 Å². The van der Waals surface area contributed by atoms with Gasteiger partial charge in [-0.1, -0.05) is 36.4 Å². The molecule has 250 valence electrons. The summed E-state index contributed by atoms with van der Waals surface area (Å²) in [5, 5.41) is 7.61. The van der Waals surface area contributed by atoms with E-state index >= 15 is 4.39 Å². The van der Waals surface area contributed by atoms with E-state index in [2.05, 4.69) is 26.4 Å². The Balaban J connectivity index is 0.000000389. The fraction of sp³-hybridized carbons (Fsp3) is 0.424. The molecule has 4 heterocycles. The molecule has 1 aliphatic carbocycles. The Kier molecular flexibility index (Phi) is 12.5. The average molecular weight is 674 g/mol. The molecule has 6 rings (SSSR count). The molecule has 0 radical (unpaired) electrons. The first kappa shape index (κ1) is 35.6. The summed E-state index contributed by atoms with van der Waals surface area (Å²) in [6, 6.07) is 6.93. The van der Waals surface area contributed by atoms with Gasteiger partial charge in [-0.15, -0.1) is 0 Å². The van der Waals surface area contributed by atoms with E-state index in [0.717, 1.165) is 18.7 Å². The predicted octanol–water partition coefficient (Wildman–Crippen LogP) is 6.38. The Morgan fingerprint density at radius 3 is 2.40 bits per heavy atom. The first-order valence-electron chi connectivity index (χ1n) is 15.2. The number of carbonyl (C=O) groups excluding carboxylic acids is 1. The second-order valence-electron chi connectivity index (χ2n) is 10.9. The van der Waals surface area contributed by atoms with Crippen molar-refractivity contribution in [1.29, 1.82) is 5.26 Å². The van der Waals surface area contributed by atoms with E-state index in [1.807, 2.05) is 11.0 Å². The number of nitrogens with zero attached hydrogens (tertiary/aromatic N) is 7. The number of anilines is 1. The molecule has 2 aromatic heterocycles. The number of hydrogen-bond acceptors (Lipinski definition) is 8. The fourth-order valence-electron chi connectivity index (χ4n) is 5.72. The lowest BCUT2D eigenvalue weighted by atomic mass is 9.90. The molecule has 2 saturated heterocycles. The Hall–Kier alpha value is -4.28. The molecule has 1 amide bonds. The van der Waals surface area contributed by atoms with Gasteiger partial charge in [0.2, 0.25) is 0 Å². The lowest BCUT2D eigenvalue weighted by molar-refractivity contribution is -0.128. The van der Waals surface area contributed by atoms with Gasteiger partial charge in [0.05, 0.1) is 23.6 Å². The molecule has 2 fully saturated rings. The van der Waals surface area contributed by atoms with E-state index < -0.39 is 23.4 Å². The maximum absolute atomic E-state index is 16.0. The highest BCUT2D eigenvalue weighted by Crippen LogP contribution is 2.42. The van der Waals surface area contributed by atoms with Crippen LogP contribution in [0.3, 0.4) is 0 Å². The van der Waals surface area contributed by atoms with Crippen LogP contribution in [0.15, 0.2) is 42.6 Å². The summed E-state index contributed by atoms with van der Waals surface area (Å²) in [5.41, 5.74) is 1.56. The lowest BCUT2D eigenvalue weighted by Crippen LogP contribution is -2.49. The van der Waals surface area contributed by atoms with E-state index in [-0.39, 0.29) is 48.4 Å². The second kappa shape index (κ2) is 16.5. The van der Waals surface area contributed by atoms with Crippen molar-refractivity contribution in [2.45, 2.75) is 32.6 Å². The molecule has 3 aliphatic rings. The molecule has 2 aliphatic heterocycles. The van der Waals surface area contributed by atoms with E-state index in [4.69, 9.17) is 21.6 Å². The summed E-state index contributed by atoms with van der Waals surface area (Å²) in [6.45, 7) is 8.30. The molecule has 0 spiro atoms. The number of fused-ring (bicyclic) bond motifs is 2. The number of alkyl halides is 1. The van der Waals surface area contributed by atoms with Crippen LogP contribution in [0.1, 0.15) is 37.3 Å². The van der Waals surface area contributed by atoms with Crippen LogP contribution < -0.4 is 9.64 Å². The maximum atomic E-state index is 16.0. The zero-order valence-corrected chi connectivity index (χ0v) is 27.1. The SMILES string of the molecule is C=C(F)C(=O)N1CCN(c2nc(OC)nc3c(F)c(-c4cccc5c4C(Cl)=C(F)CC5)ncc23)CC1.CC#N.FCCN1CCCC1. The summed E-state index contributed by atoms with van der Waals surface area (Å²) >= 11 is 6.30. The van der Waals surface area contributed by atoms with Gasteiger partial charge >= 0.3 is 6.01 Å². The van der Waals surface area contributed by atoms with Gasteiger partial charge in [-0.3, -0.25) is 9.78 Å². The summed E-state index contributed by atoms with van der Waals surface area (Å²) in [6.07, 6.45) is 4.62. The third-order valence-electron chi connectivity index (χ3n) is 8.00. The van der Waals surface area contributed by atoms with E-state index in [9.17, 15) is 18.0 Å². The normalized spacial score (nSPS) is 16.0. The molecule has 47 heavy (non-hydrogen) atoms. The van der Waals surface area contributed by atoms with E-state index in [0.29, 0.717) is 48.4 Å². The van der Waals surface area contributed by atoms with Crippen LogP contribution in [0, 0.1) is 17.1 Å². The minimum Gasteiger partial charge on any atom is -0.467 e. The van der Waals surface area contributed by atoms with Crippen molar-refractivity contribution in [3.63, 3.8) is 0 Å². The molecule has 9 nitrogen and oxygen atoms in total. The van der Waals surface area contributed by atoms with Gasteiger partial charge in [-0.2, -0.15) is 15.2 Å². The third-order valence-corrected chi connectivity index (χ3v) is 8.40. The van der Waals surface area contributed by atoms with Gasteiger partial charge in [0.1, 0.15) is 29.5 Å². The average Bonchev–Trinajstić information content (AvgIpc) is 3.60. The lowest BCUT2D eigenvalue weighted by Gasteiger charge is -2.35. The number of nitriles is 1. The van der Waals surface area contributed by atoms with Gasteiger partial charge in [0, 0.05) is 63.4 Å². The number of carbonyl (C=O) groups is 1. The first-order valence-corrected chi connectivity index (χ1v) is 15.6. The number of aryl methyl sites for hydroxylation is 1. The van der Waals surface area contributed by atoms with Crippen molar-refractivity contribution >= 4 is 39.3 Å². The summed E-state index contributed by atoms with van der Waals surface area (Å²) in [4.78, 5) is 30.3. The Labute approximate surface area is 276 Å². The molecule has 0 unspecified atom stereocenters. The number of piperazine rings is 1. The van der Waals surface area contributed by atoms with Crippen LogP contribution >= 0.6 is 11.6 Å². The van der Waals surface area contributed by atoms with Crippen molar-refractivity contribution in [2.75, 3.05) is 64.5 Å². The number of methoxy groups -OCH3 is 1. The third kappa shape index (κ3) is 8.18. The molecule has 3 aromatic rings. The van der Waals surface area contributed by atoms with Gasteiger partial charge in [0.15, 0.2) is 11.6 Å². The van der Waals surface area contributed by atoms with E-state index in [1.165, 1.54) is 38.0 Å². The molecule has 1 aromatic carbocycles. The van der Waals surface area contributed by atoms with Crippen LogP contribution in [0.2, 0.25) is 0 Å². The molecular formula is C33H36ClF4N7O2. The second-order valence-corrected chi connectivity index (χ2v) is 11.3.